The normalized spacial score (nSPS) is 31.4. The Morgan fingerprint density at radius 3 is 2.46 bits per heavy atom. The van der Waals surface area contributed by atoms with Crippen molar-refractivity contribution >= 4 is 5.97 Å². The van der Waals surface area contributed by atoms with E-state index in [-0.39, 0.29) is 11.4 Å². The fourth-order valence-corrected chi connectivity index (χ4v) is 1.80. The Balaban J connectivity index is 3.03. The second-order valence-corrected chi connectivity index (χ2v) is 4.52. The monoisotopic (exact) mass is 182 g/mol. The molecule has 0 saturated carbocycles. The highest BCUT2D eigenvalue weighted by molar-refractivity contribution is 5.79. The molecule has 1 rings (SSSR count). The number of hydrogen-bond donors (Lipinski definition) is 0. The minimum Gasteiger partial charge on any atom is -0.468 e. The number of ether oxygens (including phenoxy) is 1. The van der Waals surface area contributed by atoms with Gasteiger partial charge >= 0.3 is 5.97 Å². The Kier molecular flexibility index (Phi) is 2.51. The topological polar surface area (TPSA) is 26.3 Å². The predicted molar refractivity (Wildman–Crippen MR) is 52.3 cm³/mol. The molecule has 0 N–H and O–H groups in total. The number of hydrogen-bond acceptors (Lipinski definition) is 2. The summed E-state index contributed by atoms with van der Waals surface area (Å²) in [4.78, 5) is 11.6. The van der Waals surface area contributed by atoms with E-state index in [9.17, 15) is 4.79 Å². The molecular weight excluding hydrogens is 164 g/mol. The summed E-state index contributed by atoms with van der Waals surface area (Å²) in [5.41, 5.74) is -0.463. The van der Waals surface area contributed by atoms with Gasteiger partial charge in [-0.05, 0) is 25.2 Å². The first-order valence-electron chi connectivity index (χ1n) is 4.70. The summed E-state index contributed by atoms with van der Waals surface area (Å²) >= 11 is 0. The first kappa shape index (κ1) is 10.3. The number of rotatable bonds is 1. The lowest BCUT2D eigenvalue weighted by molar-refractivity contribution is -0.155. The molecule has 0 aromatic carbocycles. The van der Waals surface area contributed by atoms with E-state index in [1.807, 2.05) is 13.0 Å². The van der Waals surface area contributed by atoms with Gasteiger partial charge in [0.15, 0.2) is 0 Å². The maximum atomic E-state index is 11.6. The zero-order valence-corrected chi connectivity index (χ0v) is 8.89. The van der Waals surface area contributed by atoms with Gasteiger partial charge in [0, 0.05) is 0 Å². The van der Waals surface area contributed by atoms with Gasteiger partial charge in [0.05, 0.1) is 12.5 Å². The van der Waals surface area contributed by atoms with Crippen molar-refractivity contribution < 1.29 is 9.53 Å². The number of esters is 1. The molecule has 0 fully saturated rings. The highest BCUT2D eigenvalue weighted by Crippen LogP contribution is 2.47. The van der Waals surface area contributed by atoms with Gasteiger partial charge in [-0.25, -0.2) is 0 Å². The molecule has 1 aliphatic carbocycles. The van der Waals surface area contributed by atoms with E-state index in [2.05, 4.69) is 19.9 Å². The SMILES string of the molecule is COC(=O)C1(C)C=CCCC1(C)C. The number of methoxy groups -OCH3 is 1. The van der Waals surface area contributed by atoms with Crippen LogP contribution in [0.25, 0.3) is 0 Å². The summed E-state index contributed by atoms with van der Waals surface area (Å²) < 4.78 is 4.84. The molecular formula is C11H18O2. The minimum atomic E-state index is -0.458. The highest BCUT2D eigenvalue weighted by Gasteiger charge is 2.46. The minimum absolute atomic E-state index is 0.00512. The van der Waals surface area contributed by atoms with Crippen LogP contribution in [0.15, 0.2) is 12.2 Å². The van der Waals surface area contributed by atoms with E-state index in [1.54, 1.807) is 0 Å². The number of allylic oxidation sites excluding steroid dienone is 1. The zero-order chi connectivity index (χ0) is 10.1. The molecule has 0 saturated heterocycles. The quantitative estimate of drug-likeness (QED) is 0.460. The van der Waals surface area contributed by atoms with Crippen molar-refractivity contribution in [3.05, 3.63) is 12.2 Å². The van der Waals surface area contributed by atoms with Gasteiger partial charge in [-0.2, -0.15) is 0 Å². The maximum Gasteiger partial charge on any atom is 0.315 e. The van der Waals surface area contributed by atoms with E-state index >= 15 is 0 Å². The van der Waals surface area contributed by atoms with Crippen LogP contribution in [0.3, 0.4) is 0 Å². The first-order chi connectivity index (χ1) is 5.94. The van der Waals surface area contributed by atoms with Crippen LogP contribution in [-0.2, 0) is 9.53 Å². The lowest BCUT2D eigenvalue weighted by atomic mass is 9.62. The molecule has 0 aromatic rings. The largest absolute Gasteiger partial charge is 0.468 e. The van der Waals surface area contributed by atoms with Crippen LogP contribution < -0.4 is 0 Å². The van der Waals surface area contributed by atoms with Crippen molar-refractivity contribution in [2.75, 3.05) is 7.11 Å². The molecule has 0 heterocycles. The van der Waals surface area contributed by atoms with Gasteiger partial charge in [-0.3, -0.25) is 4.79 Å². The molecule has 0 aliphatic heterocycles. The van der Waals surface area contributed by atoms with Gasteiger partial charge < -0.3 is 4.74 Å². The van der Waals surface area contributed by atoms with Crippen LogP contribution in [-0.4, -0.2) is 13.1 Å². The predicted octanol–water partition coefficient (Wildman–Crippen LogP) is 2.54. The van der Waals surface area contributed by atoms with Gasteiger partial charge in [-0.15, -0.1) is 0 Å². The van der Waals surface area contributed by atoms with Crippen LogP contribution in [0.4, 0.5) is 0 Å². The molecule has 1 atom stereocenters. The fourth-order valence-electron chi connectivity index (χ4n) is 1.80. The second-order valence-electron chi connectivity index (χ2n) is 4.52. The van der Waals surface area contributed by atoms with Crippen LogP contribution in [0, 0.1) is 10.8 Å². The fraction of sp³-hybridized carbons (Fsp3) is 0.727. The van der Waals surface area contributed by atoms with Crippen LogP contribution in [0.1, 0.15) is 33.6 Å². The molecule has 0 radical (unpaired) electrons. The Morgan fingerprint density at radius 2 is 2.00 bits per heavy atom. The summed E-state index contributed by atoms with van der Waals surface area (Å²) in [5, 5.41) is 0. The molecule has 0 bridgehead atoms. The van der Waals surface area contributed by atoms with Crippen LogP contribution in [0.5, 0.6) is 0 Å². The van der Waals surface area contributed by atoms with Gasteiger partial charge in [0.1, 0.15) is 0 Å². The van der Waals surface area contributed by atoms with Crippen molar-refractivity contribution in [3.63, 3.8) is 0 Å². The average molecular weight is 182 g/mol. The standard InChI is InChI=1S/C11H18O2/c1-10(2)7-5-6-8-11(10,3)9(12)13-4/h6,8H,5,7H2,1-4H3. The molecule has 2 heteroatoms. The van der Waals surface area contributed by atoms with Crippen LogP contribution >= 0.6 is 0 Å². The molecule has 0 spiro atoms. The summed E-state index contributed by atoms with van der Waals surface area (Å²) in [7, 11) is 1.45. The van der Waals surface area contributed by atoms with E-state index in [0.717, 1.165) is 12.8 Å². The van der Waals surface area contributed by atoms with E-state index in [1.165, 1.54) is 7.11 Å². The van der Waals surface area contributed by atoms with Gasteiger partial charge in [0.2, 0.25) is 0 Å². The molecule has 1 aliphatic rings. The van der Waals surface area contributed by atoms with Crippen molar-refractivity contribution in [2.24, 2.45) is 10.8 Å². The lowest BCUT2D eigenvalue weighted by Gasteiger charge is -2.42. The van der Waals surface area contributed by atoms with E-state index in [4.69, 9.17) is 4.74 Å². The molecule has 1 unspecified atom stereocenters. The Morgan fingerprint density at radius 1 is 1.38 bits per heavy atom. The van der Waals surface area contributed by atoms with Gasteiger partial charge in [0.25, 0.3) is 0 Å². The third-order valence-electron chi connectivity index (χ3n) is 3.40. The molecule has 2 nitrogen and oxygen atoms in total. The first-order valence-corrected chi connectivity index (χ1v) is 4.70. The summed E-state index contributed by atoms with van der Waals surface area (Å²) in [6.45, 7) is 6.19. The van der Waals surface area contributed by atoms with Crippen molar-refractivity contribution in [1.82, 2.24) is 0 Å². The molecule has 74 valence electrons. The van der Waals surface area contributed by atoms with E-state index in [0.29, 0.717) is 0 Å². The molecule has 13 heavy (non-hydrogen) atoms. The maximum absolute atomic E-state index is 11.6. The van der Waals surface area contributed by atoms with Crippen molar-refractivity contribution in [2.45, 2.75) is 33.6 Å². The summed E-state index contributed by atoms with van der Waals surface area (Å²) in [6, 6.07) is 0. The Labute approximate surface area is 80.0 Å². The zero-order valence-electron chi connectivity index (χ0n) is 8.89. The van der Waals surface area contributed by atoms with Crippen molar-refractivity contribution in [1.29, 1.82) is 0 Å². The highest BCUT2D eigenvalue weighted by atomic mass is 16.5. The Hall–Kier alpha value is -0.790. The third kappa shape index (κ3) is 1.50. The summed E-state index contributed by atoms with van der Waals surface area (Å²) in [6.07, 6.45) is 6.15. The number of carbonyl (C=O) groups is 1. The third-order valence-corrected chi connectivity index (χ3v) is 3.40. The smallest absolute Gasteiger partial charge is 0.315 e. The van der Waals surface area contributed by atoms with E-state index < -0.39 is 5.41 Å². The lowest BCUT2D eigenvalue weighted by Crippen LogP contribution is -2.42. The van der Waals surface area contributed by atoms with Crippen LogP contribution in [0.2, 0.25) is 0 Å². The summed E-state index contributed by atoms with van der Waals surface area (Å²) in [5.74, 6) is -0.131. The Bertz CT molecular complexity index is 240. The van der Waals surface area contributed by atoms with Crippen molar-refractivity contribution in [3.8, 4) is 0 Å². The molecule has 0 aromatic heterocycles. The average Bonchev–Trinajstić information content (AvgIpc) is 2.08. The molecule has 0 amide bonds. The second kappa shape index (κ2) is 3.17. The number of carbonyl (C=O) groups excluding carboxylic acids is 1. The van der Waals surface area contributed by atoms with Gasteiger partial charge in [-0.1, -0.05) is 26.0 Å².